The quantitative estimate of drug-likeness (QED) is 0.653. The van der Waals surface area contributed by atoms with Crippen LogP contribution in [0.25, 0.3) is 0 Å². The molecule has 0 saturated heterocycles. The van der Waals surface area contributed by atoms with Crippen LogP contribution in [0.5, 0.6) is 5.75 Å². The topological polar surface area (TPSA) is 50.7 Å². The van der Waals surface area contributed by atoms with Crippen molar-refractivity contribution in [1.29, 1.82) is 0 Å². The summed E-state index contributed by atoms with van der Waals surface area (Å²) in [6.45, 7) is 7.76. The smallest absolute Gasteiger partial charge is 0.280 e. The Morgan fingerprint density at radius 3 is 2.50 bits per heavy atom. The number of carbonyl (C=O) groups is 1. The second-order valence-electron chi connectivity index (χ2n) is 5.76. The summed E-state index contributed by atoms with van der Waals surface area (Å²) in [6.07, 6.45) is 0.981. The molecule has 0 saturated carbocycles. The van der Waals surface area contributed by atoms with E-state index in [0.29, 0.717) is 10.8 Å². The van der Waals surface area contributed by atoms with Gasteiger partial charge >= 0.3 is 0 Å². The summed E-state index contributed by atoms with van der Waals surface area (Å²) in [5, 5.41) is 4.60. The standard InChI is InChI=1S/C19H21ClN2O2/c1-12-8-13(2)18(14(3)9-12)11-21-22-19(23)15(4)24-17-7-5-6-16(20)10-17/h5-11,15H,1-4H3,(H,22,23)/b21-11-/t15-/m0/s1. The Labute approximate surface area is 147 Å². The average molecular weight is 345 g/mol. The summed E-state index contributed by atoms with van der Waals surface area (Å²) in [6, 6.07) is 11.1. The number of hydrogen-bond donors (Lipinski definition) is 1. The number of amides is 1. The van der Waals surface area contributed by atoms with Gasteiger partial charge in [-0.25, -0.2) is 5.43 Å². The van der Waals surface area contributed by atoms with E-state index in [1.54, 1.807) is 37.4 Å². The minimum atomic E-state index is -0.680. The van der Waals surface area contributed by atoms with E-state index >= 15 is 0 Å². The van der Waals surface area contributed by atoms with Crippen molar-refractivity contribution in [3.8, 4) is 5.75 Å². The van der Waals surface area contributed by atoms with Crippen LogP contribution in [0.15, 0.2) is 41.5 Å². The number of aryl methyl sites for hydroxylation is 3. The monoisotopic (exact) mass is 344 g/mol. The first-order valence-corrected chi connectivity index (χ1v) is 8.07. The number of nitrogens with zero attached hydrogens (tertiary/aromatic N) is 1. The van der Waals surface area contributed by atoms with Crippen LogP contribution in [-0.4, -0.2) is 18.2 Å². The van der Waals surface area contributed by atoms with Crippen LogP contribution < -0.4 is 10.2 Å². The van der Waals surface area contributed by atoms with Crippen molar-refractivity contribution < 1.29 is 9.53 Å². The minimum absolute atomic E-state index is 0.325. The highest BCUT2D eigenvalue weighted by atomic mass is 35.5. The van der Waals surface area contributed by atoms with E-state index in [-0.39, 0.29) is 5.91 Å². The third-order valence-corrected chi connectivity index (χ3v) is 3.82. The molecule has 0 fully saturated rings. The lowest BCUT2D eigenvalue weighted by Crippen LogP contribution is -2.33. The maximum Gasteiger partial charge on any atom is 0.280 e. The fourth-order valence-electron chi connectivity index (χ4n) is 2.44. The summed E-state index contributed by atoms with van der Waals surface area (Å²) >= 11 is 5.90. The third kappa shape index (κ3) is 4.83. The molecule has 0 aliphatic carbocycles. The van der Waals surface area contributed by atoms with Crippen molar-refractivity contribution in [2.75, 3.05) is 0 Å². The molecule has 126 valence electrons. The molecule has 0 heterocycles. The van der Waals surface area contributed by atoms with Gasteiger partial charge < -0.3 is 4.74 Å². The molecule has 0 aromatic heterocycles. The number of benzene rings is 2. The molecule has 2 aromatic rings. The molecule has 24 heavy (non-hydrogen) atoms. The Bertz CT molecular complexity index is 749. The molecule has 0 unspecified atom stereocenters. The molecule has 1 amide bonds. The van der Waals surface area contributed by atoms with Crippen LogP contribution in [0, 0.1) is 20.8 Å². The molecule has 2 aromatic carbocycles. The van der Waals surface area contributed by atoms with Gasteiger partial charge in [-0.3, -0.25) is 4.79 Å². The van der Waals surface area contributed by atoms with Gasteiger partial charge in [-0.2, -0.15) is 5.10 Å². The van der Waals surface area contributed by atoms with Crippen LogP contribution in [0.1, 0.15) is 29.2 Å². The van der Waals surface area contributed by atoms with Crippen molar-refractivity contribution in [3.05, 3.63) is 63.7 Å². The molecule has 4 nitrogen and oxygen atoms in total. The molecule has 2 rings (SSSR count). The van der Waals surface area contributed by atoms with E-state index in [2.05, 4.69) is 29.6 Å². The van der Waals surface area contributed by atoms with Gasteiger partial charge in [0.15, 0.2) is 6.10 Å². The second kappa shape index (κ2) is 7.97. The van der Waals surface area contributed by atoms with Gasteiger partial charge in [0.2, 0.25) is 0 Å². The Kier molecular flexibility index (Phi) is 5.99. The van der Waals surface area contributed by atoms with Crippen molar-refractivity contribution in [2.45, 2.75) is 33.8 Å². The maximum absolute atomic E-state index is 12.1. The van der Waals surface area contributed by atoms with Gasteiger partial charge in [-0.05, 0) is 57.0 Å². The average Bonchev–Trinajstić information content (AvgIpc) is 2.49. The zero-order valence-corrected chi connectivity index (χ0v) is 15.0. The number of hydrogen-bond acceptors (Lipinski definition) is 3. The van der Waals surface area contributed by atoms with Gasteiger partial charge in [0.25, 0.3) is 5.91 Å². The number of carbonyl (C=O) groups excluding carboxylic acids is 1. The number of hydrazone groups is 1. The van der Waals surface area contributed by atoms with Crippen molar-refractivity contribution in [1.82, 2.24) is 5.43 Å². The van der Waals surface area contributed by atoms with Crippen molar-refractivity contribution >= 4 is 23.7 Å². The van der Waals surface area contributed by atoms with Crippen LogP contribution in [0.2, 0.25) is 5.02 Å². The first-order valence-electron chi connectivity index (χ1n) is 7.70. The summed E-state index contributed by atoms with van der Waals surface area (Å²) < 4.78 is 5.55. The lowest BCUT2D eigenvalue weighted by molar-refractivity contribution is -0.127. The third-order valence-electron chi connectivity index (χ3n) is 3.58. The molecular weight excluding hydrogens is 324 g/mol. The molecule has 0 bridgehead atoms. The molecule has 0 aliphatic rings. The number of nitrogens with one attached hydrogen (secondary N) is 1. The first-order chi connectivity index (χ1) is 11.4. The Morgan fingerprint density at radius 2 is 1.88 bits per heavy atom. The highest BCUT2D eigenvalue weighted by Crippen LogP contribution is 2.18. The van der Waals surface area contributed by atoms with E-state index in [9.17, 15) is 4.79 Å². The van der Waals surface area contributed by atoms with Crippen LogP contribution >= 0.6 is 11.6 Å². The Balaban J connectivity index is 1.97. The highest BCUT2D eigenvalue weighted by Gasteiger charge is 2.14. The maximum atomic E-state index is 12.1. The van der Waals surface area contributed by atoms with Gasteiger partial charge in [0.1, 0.15) is 5.75 Å². The highest BCUT2D eigenvalue weighted by molar-refractivity contribution is 6.30. The molecule has 0 aliphatic heterocycles. The van der Waals surface area contributed by atoms with E-state index in [0.717, 1.165) is 16.7 Å². The molecule has 1 atom stereocenters. The summed E-state index contributed by atoms with van der Waals surface area (Å²) in [4.78, 5) is 12.1. The lowest BCUT2D eigenvalue weighted by Gasteiger charge is -2.13. The van der Waals surface area contributed by atoms with E-state index in [4.69, 9.17) is 16.3 Å². The van der Waals surface area contributed by atoms with Gasteiger partial charge in [-0.1, -0.05) is 35.4 Å². The normalized spacial score (nSPS) is 12.2. The van der Waals surface area contributed by atoms with Crippen molar-refractivity contribution in [2.24, 2.45) is 5.10 Å². The predicted molar refractivity (Wildman–Crippen MR) is 97.9 cm³/mol. The fourth-order valence-corrected chi connectivity index (χ4v) is 2.62. The lowest BCUT2D eigenvalue weighted by atomic mass is 10.0. The van der Waals surface area contributed by atoms with Crippen molar-refractivity contribution in [3.63, 3.8) is 0 Å². The summed E-state index contributed by atoms with van der Waals surface area (Å²) in [5.74, 6) is 0.216. The number of ether oxygens (including phenoxy) is 1. The van der Waals surface area contributed by atoms with E-state index < -0.39 is 6.10 Å². The number of rotatable bonds is 5. The predicted octanol–water partition coefficient (Wildman–Crippen LogP) is 4.18. The SMILES string of the molecule is Cc1cc(C)c(/C=N\NC(=O)[C@H](C)Oc2cccc(Cl)c2)c(C)c1. The first kappa shape index (κ1) is 18.0. The number of halogens is 1. The molecule has 0 spiro atoms. The van der Waals surface area contributed by atoms with E-state index in [1.807, 2.05) is 13.8 Å². The summed E-state index contributed by atoms with van der Waals surface area (Å²) in [7, 11) is 0. The zero-order valence-electron chi connectivity index (χ0n) is 14.3. The van der Waals surface area contributed by atoms with Crippen LogP contribution in [-0.2, 0) is 4.79 Å². The molecule has 0 radical (unpaired) electrons. The zero-order chi connectivity index (χ0) is 17.7. The van der Waals surface area contributed by atoms with Gasteiger partial charge in [0.05, 0.1) is 6.21 Å². The van der Waals surface area contributed by atoms with Crippen LogP contribution in [0.4, 0.5) is 0 Å². The van der Waals surface area contributed by atoms with Gasteiger partial charge in [-0.15, -0.1) is 0 Å². The van der Waals surface area contributed by atoms with Crippen LogP contribution in [0.3, 0.4) is 0 Å². The molecule has 5 heteroatoms. The molecular formula is C19H21ClN2O2. The largest absolute Gasteiger partial charge is 0.481 e. The Morgan fingerprint density at radius 1 is 1.21 bits per heavy atom. The van der Waals surface area contributed by atoms with Gasteiger partial charge in [0, 0.05) is 10.6 Å². The fraction of sp³-hybridized carbons (Fsp3) is 0.263. The summed E-state index contributed by atoms with van der Waals surface area (Å²) in [5.41, 5.74) is 6.95. The second-order valence-corrected chi connectivity index (χ2v) is 6.20. The van der Waals surface area contributed by atoms with E-state index in [1.165, 1.54) is 5.56 Å². The molecule has 1 N–H and O–H groups in total. The minimum Gasteiger partial charge on any atom is -0.481 e. The Hall–Kier alpha value is -2.33.